The maximum Gasteiger partial charge on any atom is 0.252 e. The minimum atomic E-state index is -0.276. The first-order valence-corrected chi connectivity index (χ1v) is 7.13. The van der Waals surface area contributed by atoms with Gasteiger partial charge in [0, 0.05) is 16.0 Å². The Balaban J connectivity index is 2.14. The summed E-state index contributed by atoms with van der Waals surface area (Å²) in [6, 6.07) is 5.43. The van der Waals surface area contributed by atoms with Crippen molar-refractivity contribution in [2.45, 2.75) is 30.2 Å². The van der Waals surface area contributed by atoms with E-state index in [1.54, 1.807) is 6.07 Å². The number of rotatable bonds is 2. The van der Waals surface area contributed by atoms with E-state index in [2.05, 4.69) is 33.9 Å². The lowest BCUT2D eigenvalue weighted by Gasteiger charge is -2.34. The number of nitrogens with one attached hydrogen (secondary N) is 1. The van der Waals surface area contributed by atoms with Gasteiger partial charge in [0.25, 0.3) is 5.91 Å². The molecule has 1 aliphatic rings. The lowest BCUT2D eigenvalue weighted by Crippen LogP contribution is -2.51. The number of carbonyl (C=O) groups is 1. The lowest BCUT2D eigenvalue weighted by molar-refractivity contribution is 0.0272. The van der Waals surface area contributed by atoms with Gasteiger partial charge >= 0.3 is 0 Å². The maximum atomic E-state index is 12.3. The topological polar surface area (TPSA) is 38.3 Å². The lowest BCUT2D eigenvalue weighted by atomic mass is 9.94. The summed E-state index contributed by atoms with van der Waals surface area (Å²) >= 11 is 7.64. The van der Waals surface area contributed by atoms with Gasteiger partial charge in [0.15, 0.2) is 0 Å². The van der Waals surface area contributed by atoms with Gasteiger partial charge in [0.05, 0.1) is 17.7 Å². The highest BCUT2D eigenvalue weighted by molar-refractivity contribution is 9.10. The van der Waals surface area contributed by atoms with E-state index in [4.69, 9.17) is 4.74 Å². The van der Waals surface area contributed by atoms with Gasteiger partial charge in [-0.05, 0) is 53.9 Å². The molecule has 0 aromatic heterocycles. The van der Waals surface area contributed by atoms with Crippen molar-refractivity contribution in [3.8, 4) is 0 Å². The number of carbonyl (C=O) groups excluding carboxylic acids is 1. The summed E-state index contributed by atoms with van der Waals surface area (Å²) in [6.07, 6.45) is 1.92. The van der Waals surface area contributed by atoms with E-state index in [1.165, 1.54) is 0 Å². The van der Waals surface area contributed by atoms with E-state index in [-0.39, 0.29) is 11.4 Å². The fraction of sp³-hybridized carbons (Fsp3) is 0.462. The molecule has 1 aliphatic heterocycles. The summed E-state index contributed by atoms with van der Waals surface area (Å²) in [7, 11) is 0. The highest BCUT2D eigenvalue weighted by Crippen LogP contribution is 2.23. The zero-order valence-electron chi connectivity index (χ0n) is 10.2. The summed E-state index contributed by atoms with van der Waals surface area (Å²) < 4.78 is 6.21. The van der Waals surface area contributed by atoms with Gasteiger partial charge in [-0.25, -0.2) is 0 Å². The number of amides is 1. The third-order valence-electron chi connectivity index (χ3n) is 3.05. The zero-order valence-corrected chi connectivity index (χ0v) is 12.7. The van der Waals surface area contributed by atoms with Crippen LogP contribution in [0.2, 0.25) is 0 Å². The van der Waals surface area contributed by atoms with Crippen molar-refractivity contribution in [3.05, 3.63) is 28.2 Å². The number of ether oxygens (including phenoxy) is 1. The molecule has 1 amide bonds. The molecule has 0 bridgehead atoms. The van der Waals surface area contributed by atoms with Crippen LogP contribution >= 0.6 is 28.6 Å². The largest absolute Gasteiger partial charge is 0.379 e. The van der Waals surface area contributed by atoms with Crippen molar-refractivity contribution in [1.82, 2.24) is 5.32 Å². The van der Waals surface area contributed by atoms with Crippen molar-refractivity contribution in [3.63, 3.8) is 0 Å². The van der Waals surface area contributed by atoms with E-state index in [9.17, 15) is 4.79 Å². The van der Waals surface area contributed by atoms with Crippen molar-refractivity contribution in [1.29, 1.82) is 0 Å². The Kier molecular flexibility index (Phi) is 4.35. The van der Waals surface area contributed by atoms with Crippen LogP contribution in [0.4, 0.5) is 0 Å². The summed E-state index contributed by atoms with van der Waals surface area (Å²) in [5.74, 6) is -0.0919. The normalized spacial score (nSPS) is 23.7. The molecular weight excluding hydrogens is 314 g/mol. The first-order chi connectivity index (χ1) is 8.50. The first kappa shape index (κ1) is 13.9. The fourth-order valence-corrected chi connectivity index (χ4v) is 2.69. The molecule has 18 heavy (non-hydrogen) atoms. The second kappa shape index (κ2) is 5.63. The molecule has 1 atom stereocenters. The van der Waals surface area contributed by atoms with Crippen molar-refractivity contribution in [2.75, 3.05) is 13.2 Å². The van der Waals surface area contributed by atoms with Crippen LogP contribution in [0.1, 0.15) is 30.1 Å². The van der Waals surface area contributed by atoms with Gasteiger partial charge in [0.2, 0.25) is 0 Å². The minimum Gasteiger partial charge on any atom is -0.379 e. The molecule has 1 aromatic rings. The molecule has 0 saturated carbocycles. The SMILES string of the molecule is CC1(NC(=O)c2cc(S)ccc2Br)CCCOC1. The molecule has 98 valence electrons. The predicted molar refractivity (Wildman–Crippen MR) is 77.3 cm³/mol. The Morgan fingerprint density at radius 3 is 3.00 bits per heavy atom. The molecule has 1 heterocycles. The number of halogens is 1. The van der Waals surface area contributed by atoms with Crippen LogP contribution in [0.15, 0.2) is 27.6 Å². The van der Waals surface area contributed by atoms with Crippen molar-refractivity contribution < 1.29 is 9.53 Å². The number of hydrogen-bond donors (Lipinski definition) is 2. The molecule has 1 saturated heterocycles. The van der Waals surface area contributed by atoms with Gasteiger partial charge in [-0.1, -0.05) is 0 Å². The standard InChI is InChI=1S/C13H16BrNO2S/c1-13(5-2-6-17-8-13)15-12(16)10-7-9(18)3-4-11(10)14/h3-4,7,18H,2,5-6,8H2,1H3,(H,15,16). The zero-order chi connectivity index (χ0) is 13.2. The molecule has 5 heteroatoms. The summed E-state index contributed by atoms with van der Waals surface area (Å²) in [4.78, 5) is 13.0. The third-order valence-corrected chi connectivity index (χ3v) is 4.02. The van der Waals surface area contributed by atoms with Crippen LogP contribution < -0.4 is 5.32 Å². The van der Waals surface area contributed by atoms with Crippen LogP contribution in [0, 0.1) is 0 Å². The average Bonchev–Trinajstić information content (AvgIpc) is 2.32. The van der Waals surface area contributed by atoms with Crippen molar-refractivity contribution in [2.24, 2.45) is 0 Å². The molecule has 2 rings (SSSR count). The Bertz CT molecular complexity index is 458. The average molecular weight is 330 g/mol. The molecule has 1 unspecified atom stereocenters. The highest BCUT2D eigenvalue weighted by Gasteiger charge is 2.30. The number of thiol groups is 1. The molecule has 0 radical (unpaired) electrons. The highest BCUT2D eigenvalue weighted by atomic mass is 79.9. The van der Waals surface area contributed by atoms with Gasteiger partial charge in [-0.2, -0.15) is 0 Å². The molecular formula is C13H16BrNO2S. The van der Waals surface area contributed by atoms with Crippen LogP contribution in [0.5, 0.6) is 0 Å². The van der Waals surface area contributed by atoms with Crippen LogP contribution in [-0.2, 0) is 4.74 Å². The molecule has 1 fully saturated rings. The van der Waals surface area contributed by atoms with E-state index in [1.807, 2.05) is 19.1 Å². The molecule has 0 spiro atoms. The van der Waals surface area contributed by atoms with Crippen LogP contribution in [-0.4, -0.2) is 24.7 Å². The number of benzene rings is 1. The second-order valence-electron chi connectivity index (χ2n) is 4.84. The van der Waals surface area contributed by atoms with E-state index in [0.717, 1.165) is 28.8 Å². The summed E-state index contributed by atoms with van der Waals surface area (Å²) in [5.41, 5.74) is 0.329. The van der Waals surface area contributed by atoms with Gasteiger partial charge in [-0.15, -0.1) is 12.6 Å². The first-order valence-electron chi connectivity index (χ1n) is 5.89. The predicted octanol–water partition coefficient (Wildman–Crippen LogP) is 3.04. The molecule has 0 aliphatic carbocycles. The van der Waals surface area contributed by atoms with Crippen molar-refractivity contribution >= 4 is 34.5 Å². The quantitative estimate of drug-likeness (QED) is 0.818. The minimum absolute atomic E-state index is 0.0919. The second-order valence-corrected chi connectivity index (χ2v) is 6.21. The van der Waals surface area contributed by atoms with Crippen LogP contribution in [0.25, 0.3) is 0 Å². The smallest absolute Gasteiger partial charge is 0.252 e. The Morgan fingerprint density at radius 2 is 2.33 bits per heavy atom. The third kappa shape index (κ3) is 3.28. The van der Waals surface area contributed by atoms with Gasteiger partial charge < -0.3 is 10.1 Å². The number of hydrogen-bond acceptors (Lipinski definition) is 3. The maximum absolute atomic E-state index is 12.3. The Morgan fingerprint density at radius 1 is 1.56 bits per heavy atom. The van der Waals surface area contributed by atoms with Crippen LogP contribution in [0.3, 0.4) is 0 Å². The molecule has 3 nitrogen and oxygen atoms in total. The fourth-order valence-electron chi connectivity index (χ4n) is 2.06. The molecule has 1 aromatic carbocycles. The monoisotopic (exact) mass is 329 g/mol. The van der Waals surface area contributed by atoms with E-state index in [0.29, 0.717) is 12.2 Å². The van der Waals surface area contributed by atoms with Gasteiger partial charge in [-0.3, -0.25) is 4.79 Å². The Hall–Kier alpha value is -0.520. The summed E-state index contributed by atoms with van der Waals surface area (Å²) in [6.45, 7) is 3.36. The van der Waals surface area contributed by atoms with E-state index >= 15 is 0 Å². The molecule has 1 N–H and O–H groups in total. The Labute approximate surface area is 121 Å². The van der Waals surface area contributed by atoms with E-state index < -0.39 is 0 Å². The summed E-state index contributed by atoms with van der Waals surface area (Å²) in [5, 5.41) is 3.05. The van der Waals surface area contributed by atoms with Gasteiger partial charge in [0.1, 0.15) is 0 Å².